The van der Waals surface area contributed by atoms with Crippen molar-refractivity contribution in [3.8, 4) is 0 Å². The molecule has 0 spiro atoms. The van der Waals surface area contributed by atoms with Crippen molar-refractivity contribution in [2.45, 2.75) is 38.6 Å². The first kappa shape index (κ1) is 23.7. The van der Waals surface area contributed by atoms with E-state index in [1.165, 1.54) is 29.8 Å². The maximum Gasteiger partial charge on any atom is 0.272 e. The Morgan fingerprint density at radius 3 is 2.38 bits per heavy atom. The number of carbonyl (C=O) groups is 1. The van der Waals surface area contributed by atoms with E-state index in [1.54, 1.807) is 12.1 Å². The van der Waals surface area contributed by atoms with E-state index in [4.69, 9.17) is 11.6 Å². The second-order valence-electron chi connectivity index (χ2n) is 7.75. The van der Waals surface area contributed by atoms with E-state index >= 15 is 0 Å². The molecule has 2 aromatic heterocycles. The molecule has 176 valence electrons. The molecule has 0 aliphatic rings. The van der Waals surface area contributed by atoms with E-state index in [0.717, 1.165) is 22.9 Å². The Labute approximate surface area is 203 Å². The Bertz CT molecular complexity index is 1460. The van der Waals surface area contributed by atoms with Crippen LogP contribution in [-0.2, 0) is 23.0 Å². The average molecular weight is 498 g/mol. The highest BCUT2D eigenvalue weighted by molar-refractivity contribution is 7.92. The third-order valence-electron chi connectivity index (χ3n) is 5.61. The van der Waals surface area contributed by atoms with Gasteiger partial charge in [0.15, 0.2) is 11.0 Å². The van der Waals surface area contributed by atoms with Crippen LogP contribution >= 0.6 is 11.6 Å². The van der Waals surface area contributed by atoms with E-state index in [1.807, 2.05) is 18.4 Å². The van der Waals surface area contributed by atoms with Crippen LogP contribution in [0, 0.1) is 6.92 Å². The second-order valence-corrected chi connectivity index (χ2v) is 9.82. The van der Waals surface area contributed by atoms with Gasteiger partial charge in [-0.3, -0.25) is 9.52 Å². The van der Waals surface area contributed by atoms with Crippen LogP contribution in [0.2, 0.25) is 5.15 Å². The third kappa shape index (κ3) is 4.62. The summed E-state index contributed by atoms with van der Waals surface area (Å²) in [6, 6.07) is 15.0. The van der Waals surface area contributed by atoms with Gasteiger partial charge in [-0.2, -0.15) is 0 Å². The highest BCUT2D eigenvalue weighted by atomic mass is 35.5. The molecule has 34 heavy (non-hydrogen) atoms. The first-order valence-electron chi connectivity index (χ1n) is 10.8. The number of sulfonamides is 1. The molecule has 0 saturated heterocycles. The third-order valence-corrected chi connectivity index (χ3v) is 7.19. The molecule has 0 unspecified atom stereocenters. The molecule has 8 nitrogen and oxygen atoms in total. The van der Waals surface area contributed by atoms with Crippen molar-refractivity contribution in [1.29, 1.82) is 0 Å². The number of hydrogen-bond donors (Lipinski definition) is 2. The van der Waals surface area contributed by atoms with E-state index in [9.17, 15) is 13.2 Å². The van der Waals surface area contributed by atoms with Gasteiger partial charge in [-0.15, -0.1) is 10.2 Å². The van der Waals surface area contributed by atoms with Crippen molar-refractivity contribution in [1.82, 2.24) is 14.8 Å². The number of nitrogens with one attached hydrogen (secondary N) is 2. The Kier molecular flexibility index (Phi) is 6.58. The minimum absolute atomic E-state index is 0.0215. The van der Waals surface area contributed by atoms with Gasteiger partial charge in [0.05, 0.1) is 4.90 Å². The fourth-order valence-electron chi connectivity index (χ4n) is 3.89. The predicted molar refractivity (Wildman–Crippen MR) is 134 cm³/mol. The van der Waals surface area contributed by atoms with E-state index in [-0.39, 0.29) is 21.8 Å². The number of halogens is 1. The summed E-state index contributed by atoms with van der Waals surface area (Å²) in [5.74, 6) is -0.199. The first-order chi connectivity index (χ1) is 16.2. The van der Waals surface area contributed by atoms with Crippen molar-refractivity contribution < 1.29 is 13.2 Å². The van der Waals surface area contributed by atoms with Crippen LogP contribution in [0.25, 0.3) is 10.9 Å². The van der Waals surface area contributed by atoms with Crippen molar-refractivity contribution in [2.75, 3.05) is 10.0 Å². The van der Waals surface area contributed by atoms with Crippen LogP contribution in [0.3, 0.4) is 0 Å². The summed E-state index contributed by atoms with van der Waals surface area (Å²) in [6.45, 7) is 6.70. The predicted octanol–water partition coefficient (Wildman–Crippen LogP) is 5.03. The molecular formula is C24H24ClN5O3S. The van der Waals surface area contributed by atoms with E-state index in [0.29, 0.717) is 17.9 Å². The smallest absolute Gasteiger partial charge is 0.272 e. The topological polar surface area (TPSA) is 106 Å². The van der Waals surface area contributed by atoms with Crippen LogP contribution < -0.4 is 10.0 Å². The van der Waals surface area contributed by atoms with Crippen molar-refractivity contribution in [2.24, 2.45) is 0 Å². The van der Waals surface area contributed by atoms with Gasteiger partial charge in [0, 0.05) is 23.1 Å². The molecule has 2 N–H and O–H groups in total. The number of nitrogens with zero attached hydrogens (tertiary/aromatic N) is 3. The Balaban J connectivity index is 1.57. The van der Waals surface area contributed by atoms with Gasteiger partial charge in [-0.1, -0.05) is 24.6 Å². The molecule has 4 aromatic rings. The lowest BCUT2D eigenvalue weighted by Gasteiger charge is -2.11. The maximum atomic E-state index is 13.2. The number of rotatable bonds is 7. The lowest BCUT2D eigenvalue weighted by molar-refractivity contribution is 0.101. The van der Waals surface area contributed by atoms with Gasteiger partial charge in [0.2, 0.25) is 0 Å². The fourth-order valence-corrected chi connectivity index (χ4v) is 4.98. The second kappa shape index (κ2) is 9.44. The molecule has 0 fully saturated rings. The lowest BCUT2D eigenvalue weighted by atomic mass is 10.1. The zero-order chi connectivity index (χ0) is 24.5. The molecule has 10 heteroatoms. The van der Waals surface area contributed by atoms with Crippen LogP contribution in [0.1, 0.15) is 35.5 Å². The Morgan fingerprint density at radius 2 is 1.76 bits per heavy atom. The molecule has 2 aromatic carbocycles. The first-order valence-corrected chi connectivity index (χ1v) is 12.6. The van der Waals surface area contributed by atoms with Gasteiger partial charge in [-0.25, -0.2) is 8.42 Å². The SMILES string of the molecule is CCc1ccc2c(c1)c(C)c(C(=O)Nc1ccc(S(=O)(=O)Nc3ccc(Cl)nn3)cc1)n2CC. The highest BCUT2D eigenvalue weighted by Crippen LogP contribution is 2.28. The number of benzene rings is 2. The summed E-state index contributed by atoms with van der Waals surface area (Å²) in [4.78, 5) is 13.2. The van der Waals surface area contributed by atoms with Crippen molar-refractivity contribution >= 4 is 49.9 Å². The van der Waals surface area contributed by atoms with E-state index in [2.05, 4.69) is 45.4 Å². The number of fused-ring (bicyclic) bond motifs is 1. The minimum Gasteiger partial charge on any atom is -0.337 e. The van der Waals surface area contributed by atoms with Crippen molar-refractivity contribution in [3.63, 3.8) is 0 Å². The summed E-state index contributed by atoms with van der Waals surface area (Å²) in [5, 5.41) is 11.4. The molecule has 2 heterocycles. The van der Waals surface area contributed by atoms with Crippen LogP contribution in [-0.4, -0.2) is 29.1 Å². The fraction of sp³-hybridized carbons (Fsp3) is 0.208. The number of carbonyl (C=O) groups excluding carboxylic acids is 1. The molecule has 0 aliphatic carbocycles. The van der Waals surface area contributed by atoms with Crippen LogP contribution in [0.4, 0.5) is 11.5 Å². The monoisotopic (exact) mass is 497 g/mol. The lowest BCUT2D eigenvalue weighted by Crippen LogP contribution is -2.18. The van der Waals surface area contributed by atoms with Gasteiger partial charge in [0.25, 0.3) is 15.9 Å². The summed E-state index contributed by atoms with van der Waals surface area (Å²) in [6.07, 6.45) is 0.920. The van der Waals surface area contributed by atoms with E-state index < -0.39 is 10.0 Å². The molecule has 0 radical (unpaired) electrons. The normalized spacial score (nSPS) is 11.5. The maximum absolute atomic E-state index is 13.2. The Morgan fingerprint density at radius 1 is 1.03 bits per heavy atom. The van der Waals surface area contributed by atoms with Gasteiger partial charge in [0.1, 0.15) is 5.69 Å². The minimum atomic E-state index is -3.88. The standard InChI is InChI=1S/C24H24ClN5O3S/c1-4-16-6-11-20-19(14-16)15(3)23(30(20)5-2)24(31)26-17-7-9-18(10-8-17)34(32,33)29-22-13-12-21(25)27-28-22/h6-14H,4-5H2,1-3H3,(H,26,31)(H,28,29). The van der Waals surface area contributed by atoms with Gasteiger partial charge in [-0.05, 0) is 79.9 Å². The van der Waals surface area contributed by atoms with Gasteiger partial charge >= 0.3 is 0 Å². The summed E-state index contributed by atoms with van der Waals surface area (Å²) in [7, 11) is -3.88. The zero-order valence-corrected chi connectivity index (χ0v) is 20.5. The quantitative estimate of drug-likeness (QED) is 0.372. The average Bonchev–Trinajstić information content (AvgIpc) is 3.11. The summed E-state index contributed by atoms with van der Waals surface area (Å²) >= 11 is 5.68. The molecule has 0 atom stereocenters. The van der Waals surface area contributed by atoms with Crippen LogP contribution in [0.5, 0.6) is 0 Å². The highest BCUT2D eigenvalue weighted by Gasteiger charge is 2.21. The zero-order valence-electron chi connectivity index (χ0n) is 19.0. The molecule has 4 rings (SSSR count). The molecule has 0 saturated carbocycles. The summed E-state index contributed by atoms with van der Waals surface area (Å²) < 4.78 is 29.6. The number of aromatic nitrogens is 3. The number of hydrogen-bond acceptors (Lipinski definition) is 5. The Hall–Kier alpha value is -3.43. The number of anilines is 2. The number of aryl methyl sites for hydroxylation is 3. The molecule has 0 bridgehead atoms. The molecule has 1 amide bonds. The number of amides is 1. The summed E-state index contributed by atoms with van der Waals surface area (Å²) in [5.41, 5.74) is 4.21. The molecule has 0 aliphatic heterocycles. The van der Waals surface area contributed by atoms with Crippen LogP contribution in [0.15, 0.2) is 59.5 Å². The molecular weight excluding hydrogens is 474 g/mol. The van der Waals surface area contributed by atoms with Gasteiger partial charge < -0.3 is 9.88 Å². The largest absolute Gasteiger partial charge is 0.337 e. The van der Waals surface area contributed by atoms with Crippen molar-refractivity contribution in [3.05, 3.63) is 76.6 Å².